The van der Waals surface area contributed by atoms with Crippen LogP contribution in [-0.2, 0) is 0 Å². The van der Waals surface area contributed by atoms with Gasteiger partial charge in [0.15, 0.2) is 0 Å². The van der Waals surface area contributed by atoms with E-state index in [2.05, 4.69) is 10.6 Å². The summed E-state index contributed by atoms with van der Waals surface area (Å²) < 4.78 is 0.184. The zero-order chi connectivity index (χ0) is 13.9. The Morgan fingerprint density at radius 2 is 2.05 bits per heavy atom. The quantitative estimate of drug-likeness (QED) is 0.774. The summed E-state index contributed by atoms with van der Waals surface area (Å²) in [6.45, 7) is 0.606. The average Bonchev–Trinajstić information content (AvgIpc) is 3.17. The van der Waals surface area contributed by atoms with Gasteiger partial charge in [-0.25, -0.2) is 9.59 Å². The summed E-state index contributed by atoms with van der Waals surface area (Å²) in [6, 6.07) is 5.98. The third-order valence-corrected chi connectivity index (χ3v) is 4.64. The van der Waals surface area contributed by atoms with E-state index < -0.39 is 5.97 Å². The number of urea groups is 1. The summed E-state index contributed by atoms with van der Waals surface area (Å²) in [7, 11) is 0. The molecule has 1 aliphatic rings. The number of hydrogen-bond acceptors (Lipinski definition) is 3. The van der Waals surface area contributed by atoms with Crippen LogP contribution in [0.15, 0.2) is 24.3 Å². The summed E-state index contributed by atoms with van der Waals surface area (Å²) in [5.41, 5.74) is 0.394. The number of amides is 2. The smallest absolute Gasteiger partial charge is 0.337 e. The van der Waals surface area contributed by atoms with Crippen LogP contribution in [-0.4, -0.2) is 34.7 Å². The number of para-hydroxylation sites is 1. The van der Waals surface area contributed by atoms with E-state index in [4.69, 9.17) is 5.11 Å². The summed E-state index contributed by atoms with van der Waals surface area (Å²) in [6.07, 6.45) is 4.26. The minimum absolute atomic E-state index is 0.0867. The molecule has 0 heterocycles. The highest BCUT2D eigenvalue weighted by molar-refractivity contribution is 8.00. The Morgan fingerprint density at radius 3 is 2.63 bits per heavy atom. The molecule has 102 valence electrons. The largest absolute Gasteiger partial charge is 0.478 e. The van der Waals surface area contributed by atoms with Crippen molar-refractivity contribution in [1.29, 1.82) is 0 Å². The standard InChI is InChI=1S/C13H16N2O3S/c1-19-13(6-7-13)8-14-12(18)15-10-5-3-2-4-9(10)11(16)17/h2-5H,6-8H2,1H3,(H,16,17)(H2,14,15,18). The molecule has 0 aromatic heterocycles. The first-order valence-corrected chi connectivity index (χ1v) is 7.21. The molecule has 6 heteroatoms. The van der Waals surface area contributed by atoms with Crippen LogP contribution in [0.2, 0.25) is 0 Å². The number of nitrogens with one attached hydrogen (secondary N) is 2. The highest BCUT2D eigenvalue weighted by Gasteiger charge is 2.41. The molecule has 5 nitrogen and oxygen atoms in total. The van der Waals surface area contributed by atoms with E-state index in [9.17, 15) is 9.59 Å². The molecule has 0 aliphatic heterocycles. The third kappa shape index (κ3) is 3.41. The highest BCUT2D eigenvalue weighted by atomic mass is 32.2. The third-order valence-electron chi connectivity index (χ3n) is 3.22. The van der Waals surface area contributed by atoms with Gasteiger partial charge < -0.3 is 15.7 Å². The van der Waals surface area contributed by atoms with E-state index >= 15 is 0 Å². The van der Waals surface area contributed by atoms with E-state index in [1.165, 1.54) is 6.07 Å². The van der Waals surface area contributed by atoms with E-state index in [1.807, 2.05) is 6.26 Å². The number of carboxylic acids is 1. The van der Waals surface area contributed by atoms with Crippen molar-refractivity contribution in [1.82, 2.24) is 5.32 Å². The first-order chi connectivity index (χ1) is 9.06. The number of carbonyl (C=O) groups is 2. The number of thioether (sulfide) groups is 1. The normalized spacial score (nSPS) is 15.6. The van der Waals surface area contributed by atoms with E-state index in [-0.39, 0.29) is 16.3 Å². The lowest BCUT2D eigenvalue weighted by molar-refractivity contribution is 0.0698. The molecule has 3 N–H and O–H groups in total. The van der Waals surface area contributed by atoms with Gasteiger partial charge in [0.1, 0.15) is 0 Å². The Morgan fingerprint density at radius 1 is 1.37 bits per heavy atom. The number of aromatic carboxylic acids is 1. The number of rotatable bonds is 5. The predicted octanol–water partition coefficient (Wildman–Crippen LogP) is 2.40. The molecule has 2 rings (SSSR count). The molecule has 0 radical (unpaired) electrons. The minimum Gasteiger partial charge on any atom is -0.478 e. The Bertz CT molecular complexity index is 500. The summed E-state index contributed by atoms with van der Waals surface area (Å²) in [5.74, 6) is -1.06. The van der Waals surface area contributed by atoms with Crippen molar-refractivity contribution in [3.05, 3.63) is 29.8 Å². The Hall–Kier alpha value is -1.69. The second-order valence-electron chi connectivity index (χ2n) is 4.55. The second-order valence-corrected chi connectivity index (χ2v) is 5.82. The fourth-order valence-corrected chi connectivity index (χ4v) is 2.51. The van der Waals surface area contributed by atoms with Crippen LogP contribution in [0.25, 0.3) is 0 Å². The Kier molecular flexibility index (Phi) is 3.99. The van der Waals surface area contributed by atoms with Crippen molar-refractivity contribution in [2.45, 2.75) is 17.6 Å². The molecule has 1 aromatic rings. The SMILES string of the molecule is CSC1(CNC(=O)Nc2ccccc2C(=O)O)CC1. The van der Waals surface area contributed by atoms with E-state index in [0.717, 1.165) is 12.8 Å². The van der Waals surface area contributed by atoms with E-state index in [0.29, 0.717) is 12.2 Å². The first-order valence-electron chi connectivity index (χ1n) is 5.99. The van der Waals surface area contributed by atoms with Crippen LogP contribution in [0.3, 0.4) is 0 Å². The van der Waals surface area contributed by atoms with Crippen molar-refractivity contribution in [3.8, 4) is 0 Å². The van der Waals surface area contributed by atoms with Crippen LogP contribution in [0.1, 0.15) is 23.2 Å². The van der Waals surface area contributed by atoms with Gasteiger partial charge in [-0.15, -0.1) is 0 Å². The van der Waals surface area contributed by atoms with Crippen molar-refractivity contribution in [3.63, 3.8) is 0 Å². The van der Waals surface area contributed by atoms with Crippen LogP contribution in [0, 0.1) is 0 Å². The van der Waals surface area contributed by atoms with Crippen molar-refractivity contribution < 1.29 is 14.7 Å². The highest BCUT2D eigenvalue weighted by Crippen LogP contribution is 2.46. The van der Waals surface area contributed by atoms with Crippen LogP contribution < -0.4 is 10.6 Å². The lowest BCUT2D eigenvalue weighted by Crippen LogP contribution is -2.35. The number of carboxylic acid groups (broad SMARTS) is 1. The predicted molar refractivity (Wildman–Crippen MR) is 75.9 cm³/mol. The molecule has 19 heavy (non-hydrogen) atoms. The van der Waals surface area contributed by atoms with Crippen LogP contribution >= 0.6 is 11.8 Å². The molecule has 1 fully saturated rings. The van der Waals surface area contributed by atoms with Gasteiger partial charge in [-0.05, 0) is 31.2 Å². The fraction of sp³-hybridized carbons (Fsp3) is 0.385. The lowest BCUT2D eigenvalue weighted by atomic mass is 10.2. The monoisotopic (exact) mass is 280 g/mol. The maximum absolute atomic E-state index is 11.8. The molecule has 1 aliphatic carbocycles. The molecule has 1 saturated carbocycles. The zero-order valence-corrected chi connectivity index (χ0v) is 11.4. The molecule has 2 amide bonds. The lowest BCUT2D eigenvalue weighted by Gasteiger charge is -2.14. The van der Waals surface area contributed by atoms with Gasteiger partial charge in [-0.3, -0.25) is 0 Å². The number of anilines is 1. The summed E-state index contributed by atoms with van der Waals surface area (Å²) in [4.78, 5) is 22.8. The molecule has 0 spiro atoms. The molecule has 0 bridgehead atoms. The molecule has 0 atom stereocenters. The fourth-order valence-electron chi connectivity index (χ4n) is 1.78. The van der Waals surface area contributed by atoms with Gasteiger partial charge >= 0.3 is 12.0 Å². The van der Waals surface area contributed by atoms with E-state index in [1.54, 1.807) is 30.0 Å². The van der Waals surface area contributed by atoms with Gasteiger partial charge in [0.2, 0.25) is 0 Å². The molecule has 1 aromatic carbocycles. The van der Waals surface area contributed by atoms with Gasteiger partial charge in [-0.2, -0.15) is 11.8 Å². The van der Waals surface area contributed by atoms with Crippen molar-refractivity contribution >= 4 is 29.4 Å². The number of benzene rings is 1. The summed E-state index contributed by atoms with van der Waals surface area (Å²) >= 11 is 1.76. The Balaban J connectivity index is 1.93. The van der Waals surface area contributed by atoms with Gasteiger partial charge in [-0.1, -0.05) is 12.1 Å². The number of hydrogen-bond donors (Lipinski definition) is 3. The van der Waals surface area contributed by atoms with Gasteiger partial charge in [0, 0.05) is 11.3 Å². The topological polar surface area (TPSA) is 78.4 Å². The Labute approximate surface area is 115 Å². The maximum atomic E-state index is 11.8. The van der Waals surface area contributed by atoms with Crippen molar-refractivity contribution in [2.75, 3.05) is 18.1 Å². The first kappa shape index (κ1) is 13.7. The minimum atomic E-state index is -1.06. The van der Waals surface area contributed by atoms with Crippen LogP contribution in [0.4, 0.5) is 10.5 Å². The molecular weight excluding hydrogens is 264 g/mol. The van der Waals surface area contributed by atoms with Gasteiger partial charge in [0.25, 0.3) is 0 Å². The van der Waals surface area contributed by atoms with Crippen molar-refractivity contribution in [2.24, 2.45) is 0 Å². The molecular formula is C13H16N2O3S. The second kappa shape index (κ2) is 5.52. The maximum Gasteiger partial charge on any atom is 0.337 e. The molecule has 0 unspecified atom stereocenters. The van der Waals surface area contributed by atoms with Crippen LogP contribution in [0.5, 0.6) is 0 Å². The average molecular weight is 280 g/mol. The van der Waals surface area contributed by atoms with Gasteiger partial charge in [0.05, 0.1) is 11.3 Å². The summed E-state index contributed by atoms with van der Waals surface area (Å²) in [5, 5.41) is 14.4. The zero-order valence-electron chi connectivity index (χ0n) is 10.6. The molecule has 0 saturated heterocycles. The number of carbonyl (C=O) groups excluding carboxylic acids is 1.